The van der Waals surface area contributed by atoms with Crippen LogP contribution in [0.15, 0.2) is 52.0 Å². The molecular weight excluding hydrogens is 376 g/mol. The van der Waals surface area contributed by atoms with Gasteiger partial charge in [0.05, 0.1) is 16.6 Å². The Morgan fingerprint density at radius 1 is 1.29 bits per heavy atom. The van der Waals surface area contributed by atoms with Crippen LogP contribution in [0, 0.1) is 11.3 Å². The molecule has 0 aliphatic heterocycles. The van der Waals surface area contributed by atoms with Gasteiger partial charge in [0, 0.05) is 17.8 Å². The van der Waals surface area contributed by atoms with Gasteiger partial charge in [0.15, 0.2) is 5.95 Å². The first-order valence-corrected chi connectivity index (χ1v) is 9.83. The van der Waals surface area contributed by atoms with E-state index in [1.54, 1.807) is 30.3 Å². The Bertz CT molecular complexity index is 1010. The Labute approximate surface area is 166 Å². The number of Topliss-reactive ketones (excluding diaryl/α,β-unsaturated/α-hetero) is 1. The lowest BCUT2D eigenvalue weighted by molar-refractivity contribution is -0.672. The average Bonchev–Trinajstić information content (AvgIpc) is 3.12. The predicted molar refractivity (Wildman–Crippen MR) is 100 cm³/mol. The van der Waals surface area contributed by atoms with E-state index in [-0.39, 0.29) is 11.4 Å². The van der Waals surface area contributed by atoms with Gasteiger partial charge < -0.3 is 9.63 Å². The highest BCUT2D eigenvalue weighted by Crippen LogP contribution is 2.23. The molecule has 1 aromatic carbocycles. The van der Waals surface area contributed by atoms with Gasteiger partial charge in [-0.25, -0.2) is 4.98 Å². The maximum atomic E-state index is 12.7. The molecule has 0 spiro atoms. The average molecular weight is 394 g/mol. The number of para-hydroxylation sites is 1. The first-order valence-electron chi connectivity index (χ1n) is 8.84. The number of benzene rings is 1. The van der Waals surface area contributed by atoms with Crippen molar-refractivity contribution in [1.82, 2.24) is 10.3 Å². The van der Waals surface area contributed by atoms with Crippen molar-refractivity contribution < 1.29 is 19.1 Å². The molecule has 0 N–H and O–H groups in total. The summed E-state index contributed by atoms with van der Waals surface area (Å²) in [7, 11) is 0. The molecule has 0 fully saturated rings. The van der Waals surface area contributed by atoms with Crippen LogP contribution in [0.4, 0.5) is 0 Å². The van der Waals surface area contributed by atoms with Gasteiger partial charge in [0.2, 0.25) is 11.5 Å². The molecule has 0 bridgehead atoms. The topological polar surface area (TPSA) is 107 Å². The summed E-state index contributed by atoms with van der Waals surface area (Å²) in [4.78, 5) is 17.2. The standard InChI is InChI=1S/C20H18N4O3S/c1-2-3-7-15-11-10-14(12-21)19(22-15)28-13-17(25)18-20(26)27-23-24(18)16-8-5-4-6-9-16/h4-6,8-11H,2-3,7,13H2,1H3. The number of aryl methyl sites for hydroxylation is 1. The Hall–Kier alpha value is -3.18. The van der Waals surface area contributed by atoms with Crippen molar-refractivity contribution in [2.45, 2.75) is 31.2 Å². The highest BCUT2D eigenvalue weighted by molar-refractivity contribution is 8.00. The largest absolute Gasteiger partial charge is 0.539 e. The van der Waals surface area contributed by atoms with Crippen LogP contribution in [0.3, 0.4) is 0 Å². The number of nitriles is 1. The van der Waals surface area contributed by atoms with Crippen molar-refractivity contribution >= 4 is 17.5 Å². The van der Waals surface area contributed by atoms with Crippen LogP contribution in [-0.2, 0) is 6.42 Å². The van der Waals surface area contributed by atoms with E-state index < -0.39 is 11.7 Å². The molecule has 2 aromatic heterocycles. The summed E-state index contributed by atoms with van der Waals surface area (Å²) in [6.07, 6.45) is 2.86. The quantitative estimate of drug-likeness (QED) is 0.328. The van der Waals surface area contributed by atoms with E-state index in [2.05, 4.69) is 23.2 Å². The lowest BCUT2D eigenvalue weighted by Crippen LogP contribution is -2.39. The molecule has 0 aliphatic carbocycles. The molecule has 28 heavy (non-hydrogen) atoms. The molecule has 7 nitrogen and oxygen atoms in total. The molecule has 3 aromatic rings. The van der Waals surface area contributed by atoms with Gasteiger partial charge in [0.25, 0.3) is 0 Å². The number of rotatable bonds is 8. The molecular formula is C20H18N4O3S. The van der Waals surface area contributed by atoms with Crippen LogP contribution in [0.2, 0.25) is 0 Å². The lowest BCUT2D eigenvalue weighted by atomic mass is 10.2. The van der Waals surface area contributed by atoms with Crippen molar-refractivity contribution in [2.24, 2.45) is 0 Å². The molecule has 0 amide bonds. The van der Waals surface area contributed by atoms with Crippen LogP contribution < -0.4 is 9.79 Å². The van der Waals surface area contributed by atoms with E-state index in [0.717, 1.165) is 36.7 Å². The summed E-state index contributed by atoms with van der Waals surface area (Å²) >= 11 is 1.13. The summed E-state index contributed by atoms with van der Waals surface area (Å²) in [6.45, 7) is 2.10. The summed E-state index contributed by atoms with van der Waals surface area (Å²) < 4.78 is 5.89. The van der Waals surface area contributed by atoms with Gasteiger partial charge in [-0.05, 0) is 29.7 Å². The van der Waals surface area contributed by atoms with Crippen molar-refractivity contribution in [3.8, 4) is 17.7 Å². The third-order valence-corrected chi connectivity index (χ3v) is 5.03. The minimum Gasteiger partial charge on any atom is -0.539 e. The van der Waals surface area contributed by atoms with Gasteiger partial charge >= 0.3 is 5.69 Å². The van der Waals surface area contributed by atoms with E-state index >= 15 is 0 Å². The monoisotopic (exact) mass is 394 g/mol. The first-order chi connectivity index (χ1) is 13.6. The first kappa shape index (κ1) is 19.6. The predicted octanol–water partition coefficient (Wildman–Crippen LogP) is 2.61. The van der Waals surface area contributed by atoms with E-state index in [1.165, 1.54) is 4.68 Å². The number of carbonyl (C=O) groups excluding carboxylic acids is 1. The van der Waals surface area contributed by atoms with Crippen LogP contribution in [-0.4, -0.2) is 21.8 Å². The normalized spacial score (nSPS) is 10.6. The maximum absolute atomic E-state index is 12.7. The Morgan fingerprint density at radius 3 is 2.79 bits per heavy atom. The molecule has 142 valence electrons. The highest BCUT2D eigenvalue weighted by Gasteiger charge is 2.27. The van der Waals surface area contributed by atoms with Crippen molar-refractivity contribution in [3.05, 3.63) is 59.4 Å². The van der Waals surface area contributed by atoms with E-state index in [1.807, 2.05) is 12.1 Å². The number of unbranched alkanes of at least 4 members (excludes halogenated alkanes) is 1. The number of carbonyl (C=O) groups is 1. The minimum absolute atomic E-state index is 0.0534. The van der Waals surface area contributed by atoms with Crippen LogP contribution >= 0.6 is 11.8 Å². The fourth-order valence-electron chi connectivity index (χ4n) is 2.60. The zero-order chi connectivity index (χ0) is 19.9. The van der Waals surface area contributed by atoms with Gasteiger partial charge in [-0.2, -0.15) is 5.26 Å². The fourth-order valence-corrected chi connectivity index (χ4v) is 3.45. The van der Waals surface area contributed by atoms with Crippen molar-refractivity contribution in [3.63, 3.8) is 0 Å². The molecule has 8 heteroatoms. The Morgan fingerprint density at radius 2 is 2.07 bits per heavy atom. The number of ketones is 1. The van der Waals surface area contributed by atoms with E-state index in [0.29, 0.717) is 16.3 Å². The summed E-state index contributed by atoms with van der Waals surface area (Å²) in [6, 6.07) is 14.4. The maximum Gasteiger partial charge on any atom is 0.307 e. The number of hydrogen-bond donors (Lipinski definition) is 0. The van der Waals surface area contributed by atoms with Crippen LogP contribution in [0.1, 0.15) is 41.5 Å². The zero-order valence-electron chi connectivity index (χ0n) is 15.3. The Balaban J connectivity index is 1.80. The second kappa shape index (κ2) is 9.15. The smallest absolute Gasteiger partial charge is 0.307 e. The minimum atomic E-state index is -0.792. The third kappa shape index (κ3) is 4.38. The summed E-state index contributed by atoms with van der Waals surface area (Å²) in [5.41, 5.74) is 1.68. The second-order valence-corrected chi connectivity index (χ2v) is 7.00. The molecule has 0 saturated heterocycles. The molecule has 0 radical (unpaired) electrons. The van der Waals surface area contributed by atoms with Crippen LogP contribution in [0.25, 0.3) is 5.69 Å². The Kier molecular flexibility index (Phi) is 6.40. The van der Waals surface area contributed by atoms with E-state index in [4.69, 9.17) is 4.52 Å². The zero-order valence-corrected chi connectivity index (χ0v) is 16.1. The number of aromatic nitrogens is 3. The number of hydrogen-bond acceptors (Lipinski definition) is 7. The highest BCUT2D eigenvalue weighted by atomic mass is 32.2. The van der Waals surface area contributed by atoms with Gasteiger partial charge in [-0.1, -0.05) is 43.3 Å². The summed E-state index contributed by atoms with van der Waals surface area (Å²) in [5, 5.41) is 25.5. The van der Waals surface area contributed by atoms with Gasteiger partial charge in [-0.3, -0.25) is 4.79 Å². The molecule has 0 atom stereocenters. The summed E-state index contributed by atoms with van der Waals surface area (Å²) in [5.74, 6) is -1.29. The molecule has 0 saturated carbocycles. The lowest BCUT2D eigenvalue weighted by Gasteiger charge is -2.05. The molecule has 0 unspecified atom stereocenters. The number of nitrogens with zero attached hydrogens (tertiary/aromatic N) is 4. The number of thioether (sulfide) groups is 1. The second-order valence-electron chi connectivity index (χ2n) is 6.04. The third-order valence-electron chi connectivity index (χ3n) is 4.04. The van der Waals surface area contributed by atoms with Gasteiger partial charge in [-0.15, -0.1) is 0 Å². The van der Waals surface area contributed by atoms with Crippen LogP contribution in [0.5, 0.6) is 5.95 Å². The van der Waals surface area contributed by atoms with Gasteiger partial charge in [0.1, 0.15) is 11.1 Å². The van der Waals surface area contributed by atoms with Crippen molar-refractivity contribution in [1.29, 1.82) is 5.26 Å². The molecule has 3 rings (SSSR count). The number of pyridine rings is 1. The SMILES string of the molecule is CCCCc1ccc(C#N)c(SCC(=O)c2c([O-])on[n+]2-c2ccccc2)n1. The fraction of sp³-hybridized carbons (Fsp3) is 0.250. The van der Waals surface area contributed by atoms with Crippen molar-refractivity contribution in [2.75, 3.05) is 5.75 Å². The molecule has 0 aliphatic rings. The van der Waals surface area contributed by atoms with E-state index in [9.17, 15) is 15.2 Å². The molecule has 2 heterocycles.